The monoisotopic (exact) mass is 459 g/mol. The summed E-state index contributed by atoms with van der Waals surface area (Å²) in [5.74, 6) is -1.75. The zero-order valence-corrected chi connectivity index (χ0v) is 17.7. The van der Waals surface area contributed by atoms with Gasteiger partial charge in [-0.05, 0) is 31.5 Å². The summed E-state index contributed by atoms with van der Waals surface area (Å²) in [7, 11) is -4.80. The van der Waals surface area contributed by atoms with Gasteiger partial charge in [0.05, 0.1) is 23.3 Å². The molecule has 1 heterocycles. The zero-order valence-electron chi connectivity index (χ0n) is 16.9. The molecule has 0 atom stereocenters. The van der Waals surface area contributed by atoms with Crippen molar-refractivity contribution in [3.05, 3.63) is 86.3 Å². The third kappa shape index (κ3) is 4.49. The molecule has 0 aliphatic carbocycles. The SMILES string of the molecule is CCOC(=O)c1nn(-c2ccccc2C)c(=O)cc1OS(=O)(=O)c1ccccc1[N+](=O)[O-]. The first-order chi connectivity index (χ1) is 15.2. The number of nitrogens with zero attached hydrogens (tertiary/aromatic N) is 3. The summed E-state index contributed by atoms with van der Waals surface area (Å²) in [4.78, 5) is 34.7. The molecule has 0 aliphatic rings. The Balaban J connectivity index is 2.17. The van der Waals surface area contributed by atoms with Crippen LogP contribution in [0.5, 0.6) is 5.75 Å². The summed E-state index contributed by atoms with van der Waals surface area (Å²) in [5.41, 5.74) is -1.09. The smallest absolute Gasteiger partial charge is 0.362 e. The van der Waals surface area contributed by atoms with E-state index in [1.807, 2.05) is 0 Å². The van der Waals surface area contributed by atoms with Crippen molar-refractivity contribution in [3.63, 3.8) is 0 Å². The van der Waals surface area contributed by atoms with Crippen LogP contribution < -0.4 is 9.74 Å². The van der Waals surface area contributed by atoms with E-state index in [2.05, 4.69) is 5.10 Å². The van der Waals surface area contributed by atoms with E-state index >= 15 is 0 Å². The highest BCUT2D eigenvalue weighted by molar-refractivity contribution is 7.87. The summed E-state index contributed by atoms with van der Waals surface area (Å²) in [6.07, 6.45) is 0. The van der Waals surface area contributed by atoms with Gasteiger partial charge in [0.15, 0.2) is 10.6 Å². The average Bonchev–Trinajstić information content (AvgIpc) is 2.74. The third-order valence-electron chi connectivity index (χ3n) is 4.24. The van der Waals surface area contributed by atoms with Gasteiger partial charge in [-0.1, -0.05) is 30.3 Å². The van der Waals surface area contributed by atoms with Gasteiger partial charge >= 0.3 is 16.1 Å². The number of ether oxygens (including phenoxy) is 1. The highest BCUT2D eigenvalue weighted by Crippen LogP contribution is 2.27. The summed E-state index contributed by atoms with van der Waals surface area (Å²) >= 11 is 0. The van der Waals surface area contributed by atoms with Crippen molar-refractivity contribution in [3.8, 4) is 11.4 Å². The minimum atomic E-state index is -4.80. The summed E-state index contributed by atoms with van der Waals surface area (Å²) in [6.45, 7) is 3.19. The normalized spacial score (nSPS) is 11.1. The molecule has 3 aromatic rings. The maximum absolute atomic E-state index is 12.8. The molecule has 2 aromatic carbocycles. The highest BCUT2D eigenvalue weighted by Gasteiger charge is 2.30. The Bertz CT molecular complexity index is 1370. The van der Waals surface area contributed by atoms with Gasteiger partial charge < -0.3 is 8.92 Å². The van der Waals surface area contributed by atoms with E-state index in [9.17, 15) is 28.1 Å². The number of hydrogen-bond acceptors (Lipinski definition) is 9. The van der Waals surface area contributed by atoms with Crippen molar-refractivity contribution in [2.24, 2.45) is 0 Å². The van der Waals surface area contributed by atoms with Crippen LogP contribution in [-0.4, -0.2) is 35.7 Å². The maximum atomic E-state index is 12.8. The summed E-state index contributed by atoms with van der Waals surface area (Å²) in [6, 6.07) is 12.0. The molecule has 0 saturated carbocycles. The van der Waals surface area contributed by atoms with E-state index in [1.165, 1.54) is 19.1 Å². The lowest BCUT2D eigenvalue weighted by atomic mass is 10.2. The second kappa shape index (κ2) is 8.98. The van der Waals surface area contributed by atoms with Gasteiger partial charge in [-0.25, -0.2) is 4.79 Å². The Morgan fingerprint density at radius 2 is 1.81 bits per heavy atom. The first kappa shape index (κ1) is 22.6. The molecule has 0 radical (unpaired) electrons. The van der Waals surface area contributed by atoms with Crippen molar-refractivity contribution >= 4 is 21.8 Å². The van der Waals surface area contributed by atoms with Crippen LogP contribution in [0.4, 0.5) is 5.69 Å². The van der Waals surface area contributed by atoms with Crippen LogP contribution in [0.1, 0.15) is 23.0 Å². The van der Waals surface area contributed by atoms with E-state index in [0.717, 1.165) is 22.9 Å². The summed E-state index contributed by atoms with van der Waals surface area (Å²) in [5, 5.41) is 15.2. The molecule has 1 aromatic heterocycles. The minimum absolute atomic E-state index is 0.0552. The standard InChI is InChI=1S/C20H17N3O8S/c1-3-30-20(25)19-16(12-18(24)22(21-19)14-9-5-4-8-13(14)2)31-32(28,29)17-11-7-6-10-15(17)23(26)27/h4-12H,3H2,1-2H3. The van der Waals surface area contributed by atoms with Crippen LogP contribution >= 0.6 is 0 Å². The number of aryl methyl sites for hydroxylation is 1. The molecule has 0 amide bonds. The molecule has 0 bridgehead atoms. The molecule has 3 rings (SSSR count). The number of para-hydroxylation sites is 2. The van der Waals surface area contributed by atoms with Crippen LogP contribution in [0.15, 0.2) is 64.3 Å². The van der Waals surface area contributed by atoms with E-state index in [0.29, 0.717) is 11.3 Å². The molecule has 0 spiro atoms. The van der Waals surface area contributed by atoms with Crippen molar-refractivity contribution in [1.29, 1.82) is 0 Å². The highest BCUT2D eigenvalue weighted by atomic mass is 32.2. The number of carbonyl (C=O) groups excluding carboxylic acids is 1. The Kier molecular flexibility index (Phi) is 6.35. The number of esters is 1. The molecule has 0 aliphatic heterocycles. The number of aromatic nitrogens is 2. The third-order valence-corrected chi connectivity index (χ3v) is 5.52. The number of benzene rings is 2. The van der Waals surface area contributed by atoms with Crippen LogP contribution in [0.2, 0.25) is 0 Å². The van der Waals surface area contributed by atoms with Gasteiger partial charge in [-0.2, -0.15) is 18.2 Å². The number of nitro benzene ring substituents is 1. The lowest BCUT2D eigenvalue weighted by molar-refractivity contribution is -0.387. The first-order valence-electron chi connectivity index (χ1n) is 9.21. The number of nitro groups is 1. The van der Waals surface area contributed by atoms with Gasteiger partial charge in [0, 0.05) is 6.07 Å². The second-order valence-electron chi connectivity index (χ2n) is 6.38. The Morgan fingerprint density at radius 3 is 2.47 bits per heavy atom. The Hall–Kier alpha value is -4.06. The lowest BCUT2D eigenvalue weighted by Crippen LogP contribution is -2.26. The maximum Gasteiger partial charge on any atom is 0.362 e. The molecule has 12 heteroatoms. The average molecular weight is 459 g/mol. The van der Waals surface area contributed by atoms with Crippen molar-refractivity contribution in [1.82, 2.24) is 9.78 Å². The molecule has 11 nitrogen and oxygen atoms in total. The zero-order chi connectivity index (χ0) is 23.5. The van der Waals surface area contributed by atoms with Gasteiger partial charge in [-0.15, -0.1) is 0 Å². The van der Waals surface area contributed by atoms with Gasteiger partial charge in [-0.3, -0.25) is 14.9 Å². The molecular formula is C20H17N3O8S. The summed E-state index contributed by atoms with van der Waals surface area (Å²) < 4.78 is 36.3. The minimum Gasteiger partial charge on any atom is -0.461 e. The van der Waals surface area contributed by atoms with Crippen LogP contribution in [0.25, 0.3) is 5.69 Å². The fourth-order valence-corrected chi connectivity index (χ4v) is 3.90. The van der Waals surface area contributed by atoms with E-state index < -0.39 is 48.6 Å². The van der Waals surface area contributed by atoms with E-state index in [1.54, 1.807) is 31.2 Å². The fraction of sp³-hybridized carbons (Fsp3) is 0.150. The predicted molar refractivity (Wildman–Crippen MR) is 111 cm³/mol. The molecule has 0 saturated heterocycles. The van der Waals surface area contributed by atoms with Crippen LogP contribution in [-0.2, 0) is 14.9 Å². The largest absolute Gasteiger partial charge is 0.461 e. The van der Waals surface area contributed by atoms with Crippen molar-refractivity contribution in [2.45, 2.75) is 18.7 Å². The number of carbonyl (C=O) groups is 1. The molecule has 0 fully saturated rings. The van der Waals surface area contributed by atoms with E-state index in [4.69, 9.17) is 8.92 Å². The van der Waals surface area contributed by atoms with Crippen molar-refractivity contribution in [2.75, 3.05) is 6.61 Å². The van der Waals surface area contributed by atoms with Gasteiger partial charge in [0.2, 0.25) is 5.69 Å². The first-order valence-corrected chi connectivity index (χ1v) is 10.6. The number of hydrogen-bond donors (Lipinski definition) is 0. The molecule has 32 heavy (non-hydrogen) atoms. The van der Waals surface area contributed by atoms with Gasteiger partial charge in [0.1, 0.15) is 0 Å². The van der Waals surface area contributed by atoms with Crippen LogP contribution in [0.3, 0.4) is 0 Å². The molecular weight excluding hydrogens is 442 g/mol. The molecule has 0 unspecified atom stereocenters. The topological polar surface area (TPSA) is 148 Å². The Labute approximate surface area is 182 Å². The second-order valence-corrected chi connectivity index (χ2v) is 7.89. The Morgan fingerprint density at radius 1 is 1.16 bits per heavy atom. The van der Waals surface area contributed by atoms with Crippen LogP contribution in [0, 0.1) is 17.0 Å². The van der Waals surface area contributed by atoms with E-state index in [-0.39, 0.29) is 6.61 Å². The lowest BCUT2D eigenvalue weighted by Gasteiger charge is -2.13. The quantitative estimate of drug-likeness (QED) is 0.225. The molecule has 0 N–H and O–H groups in total. The van der Waals surface area contributed by atoms with Crippen molar-refractivity contribution < 1.29 is 27.1 Å². The molecule has 166 valence electrons. The number of rotatable bonds is 7. The fourth-order valence-electron chi connectivity index (χ4n) is 2.80. The predicted octanol–water partition coefficient (Wildman–Crippen LogP) is 2.39. The van der Waals surface area contributed by atoms with Gasteiger partial charge in [0.25, 0.3) is 11.2 Å².